The first kappa shape index (κ1) is 18.5. The summed E-state index contributed by atoms with van der Waals surface area (Å²) in [5.74, 6) is -3.26. The van der Waals surface area contributed by atoms with Gasteiger partial charge in [0.15, 0.2) is 5.17 Å². The fraction of sp³-hybridized carbons (Fsp3) is 0.176. The van der Waals surface area contributed by atoms with Crippen LogP contribution in [0.15, 0.2) is 40.2 Å². The van der Waals surface area contributed by atoms with Crippen LogP contribution in [0.1, 0.15) is 27.6 Å². The van der Waals surface area contributed by atoms with Gasteiger partial charge in [0, 0.05) is 6.08 Å². The predicted molar refractivity (Wildman–Crippen MR) is 94.7 cm³/mol. The third kappa shape index (κ3) is 3.38. The number of carbonyl (C=O) groups is 5. The number of nitrogens with one attached hydrogen (secondary N) is 1. The second-order valence-electron chi connectivity index (χ2n) is 5.55. The van der Waals surface area contributed by atoms with Gasteiger partial charge in [0.25, 0.3) is 17.7 Å². The molecule has 0 spiro atoms. The van der Waals surface area contributed by atoms with Crippen molar-refractivity contribution in [2.24, 2.45) is 4.99 Å². The van der Waals surface area contributed by atoms with Crippen molar-refractivity contribution in [1.82, 2.24) is 10.2 Å². The van der Waals surface area contributed by atoms with Crippen molar-refractivity contribution in [1.29, 1.82) is 0 Å². The highest BCUT2D eigenvalue weighted by Gasteiger charge is 2.41. The topological polar surface area (TPSA) is 122 Å². The Morgan fingerprint density at radius 3 is 2.33 bits per heavy atom. The Hall–Kier alpha value is -3.27. The van der Waals surface area contributed by atoms with Crippen LogP contribution >= 0.6 is 11.8 Å². The summed E-state index contributed by atoms with van der Waals surface area (Å²) in [7, 11) is 1.16. The molecule has 2 aliphatic heterocycles. The number of hydrogen-bond donors (Lipinski definition) is 1. The highest BCUT2D eigenvalue weighted by Crippen LogP contribution is 2.27. The summed E-state index contributed by atoms with van der Waals surface area (Å²) in [6, 6.07) is 5.16. The Balaban J connectivity index is 1.71. The van der Waals surface area contributed by atoms with E-state index >= 15 is 0 Å². The molecule has 10 heteroatoms. The minimum atomic E-state index is -1.12. The number of imide groups is 1. The zero-order valence-electron chi connectivity index (χ0n) is 14.2. The van der Waals surface area contributed by atoms with E-state index in [0.717, 1.165) is 29.8 Å². The lowest BCUT2D eigenvalue weighted by molar-refractivity contribution is -0.135. The van der Waals surface area contributed by atoms with Crippen molar-refractivity contribution >= 4 is 46.5 Å². The van der Waals surface area contributed by atoms with Crippen LogP contribution in [0.2, 0.25) is 0 Å². The molecule has 0 fully saturated rings. The van der Waals surface area contributed by atoms with E-state index in [1.165, 1.54) is 19.1 Å². The molecule has 4 amide bonds. The van der Waals surface area contributed by atoms with Crippen LogP contribution in [-0.4, -0.2) is 52.8 Å². The normalized spacial score (nSPS) is 18.4. The number of thioether (sulfide) groups is 1. The summed E-state index contributed by atoms with van der Waals surface area (Å²) in [6.45, 7) is 1.39. The molecular formula is C17H13N3O6S. The maximum Gasteiger partial charge on any atom is 0.331 e. The fourth-order valence-electron chi connectivity index (χ4n) is 2.52. The number of nitrogens with zero attached hydrogens (tertiary/aromatic N) is 2. The molecule has 138 valence electrons. The molecule has 3 rings (SSSR count). The van der Waals surface area contributed by atoms with Crippen molar-refractivity contribution < 1.29 is 28.7 Å². The van der Waals surface area contributed by atoms with Gasteiger partial charge in [-0.2, -0.15) is 4.99 Å². The van der Waals surface area contributed by atoms with Crippen LogP contribution in [0.25, 0.3) is 0 Å². The second-order valence-corrected chi connectivity index (χ2v) is 6.58. The Labute approximate surface area is 157 Å². The van der Waals surface area contributed by atoms with Crippen LogP contribution in [0.3, 0.4) is 0 Å². The van der Waals surface area contributed by atoms with Gasteiger partial charge in [-0.3, -0.25) is 24.1 Å². The number of amides is 4. The molecule has 0 saturated heterocycles. The molecule has 1 N–H and O–H groups in total. The van der Waals surface area contributed by atoms with Crippen molar-refractivity contribution in [3.63, 3.8) is 0 Å². The number of fused-ring (bicyclic) bond motifs is 1. The maximum atomic E-state index is 12.4. The molecule has 1 aromatic rings. The minimum Gasteiger partial charge on any atom is -0.466 e. The summed E-state index contributed by atoms with van der Waals surface area (Å²) in [4.78, 5) is 64.7. The lowest BCUT2D eigenvalue weighted by atomic mass is 10.1. The monoisotopic (exact) mass is 387 g/mol. The molecule has 1 atom stereocenters. The van der Waals surface area contributed by atoms with Gasteiger partial charge in [0.1, 0.15) is 6.04 Å². The van der Waals surface area contributed by atoms with Crippen molar-refractivity contribution in [3.05, 3.63) is 46.4 Å². The van der Waals surface area contributed by atoms with E-state index in [9.17, 15) is 24.0 Å². The molecule has 0 aliphatic carbocycles. The summed E-state index contributed by atoms with van der Waals surface area (Å²) in [6.07, 6.45) is 0.962. The first-order valence-corrected chi connectivity index (χ1v) is 8.53. The SMILES string of the molecule is COC(=O)/C=C1/SC(NC(=O)[C@H](C)N2C(=O)c3ccccc3C2=O)=NC1=O. The largest absolute Gasteiger partial charge is 0.466 e. The smallest absolute Gasteiger partial charge is 0.331 e. The van der Waals surface area contributed by atoms with Crippen LogP contribution in [0.4, 0.5) is 0 Å². The average molecular weight is 387 g/mol. The van der Waals surface area contributed by atoms with Crippen LogP contribution < -0.4 is 5.32 Å². The van der Waals surface area contributed by atoms with E-state index in [4.69, 9.17) is 0 Å². The highest BCUT2D eigenvalue weighted by atomic mass is 32.2. The van der Waals surface area contributed by atoms with E-state index in [1.54, 1.807) is 12.1 Å². The quantitative estimate of drug-likeness (QED) is 0.454. The van der Waals surface area contributed by atoms with Gasteiger partial charge in [-0.1, -0.05) is 12.1 Å². The number of carbonyl (C=O) groups excluding carboxylic acids is 5. The lowest BCUT2D eigenvalue weighted by Gasteiger charge is -2.21. The number of esters is 1. The van der Waals surface area contributed by atoms with E-state index in [0.29, 0.717) is 0 Å². The van der Waals surface area contributed by atoms with Gasteiger partial charge in [-0.15, -0.1) is 0 Å². The van der Waals surface area contributed by atoms with Gasteiger partial charge in [0.05, 0.1) is 23.1 Å². The number of hydrogen-bond acceptors (Lipinski definition) is 7. The first-order valence-electron chi connectivity index (χ1n) is 7.71. The zero-order chi connectivity index (χ0) is 19.7. The summed E-state index contributed by atoms with van der Waals surface area (Å²) >= 11 is 0.780. The molecule has 0 bridgehead atoms. The highest BCUT2D eigenvalue weighted by molar-refractivity contribution is 8.18. The van der Waals surface area contributed by atoms with Crippen LogP contribution in [0.5, 0.6) is 0 Å². The third-order valence-corrected chi connectivity index (χ3v) is 4.79. The number of aliphatic imine (C=N–C) groups is 1. The molecule has 2 heterocycles. The van der Waals surface area contributed by atoms with E-state index in [-0.39, 0.29) is 21.2 Å². The average Bonchev–Trinajstić information content (AvgIpc) is 3.11. The summed E-state index contributed by atoms with van der Waals surface area (Å²) in [5.41, 5.74) is 0.460. The van der Waals surface area contributed by atoms with Gasteiger partial charge in [-0.25, -0.2) is 4.79 Å². The molecule has 0 saturated carbocycles. The van der Waals surface area contributed by atoms with Crippen LogP contribution in [-0.2, 0) is 19.1 Å². The molecule has 1 aromatic carbocycles. The minimum absolute atomic E-state index is 0.00877. The molecule has 2 aliphatic rings. The van der Waals surface area contributed by atoms with Gasteiger partial charge in [-0.05, 0) is 30.8 Å². The number of ether oxygens (including phenoxy) is 1. The summed E-state index contributed by atoms with van der Waals surface area (Å²) in [5, 5.41) is 2.34. The predicted octanol–water partition coefficient (Wildman–Crippen LogP) is 0.474. The molecular weight excluding hydrogens is 374 g/mol. The Morgan fingerprint density at radius 2 is 1.78 bits per heavy atom. The van der Waals surface area contributed by atoms with Crippen molar-refractivity contribution in [3.8, 4) is 0 Å². The standard InChI is InChI=1S/C17H13N3O6S/c1-8(20-15(24)9-5-3-4-6-10(9)16(20)25)13(22)18-17-19-14(23)11(27-17)7-12(21)26-2/h3-8H,1-2H3,(H,18,19,22,23)/b11-7+/t8-/m0/s1. The molecule has 0 aromatic heterocycles. The second kappa shape index (κ2) is 7.16. The van der Waals surface area contributed by atoms with Gasteiger partial charge < -0.3 is 10.1 Å². The molecule has 9 nitrogen and oxygen atoms in total. The van der Waals surface area contributed by atoms with Gasteiger partial charge >= 0.3 is 5.97 Å². The lowest BCUT2D eigenvalue weighted by Crippen LogP contribution is -2.48. The third-order valence-electron chi connectivity index (χ3n) is 3.89. The number of methoxy groups -OCH3 is 1. The Kier molecular flexibility index (Phi) is 4.91. The van der Waals surface area contributed by atoms with Crippen LogP contribution in [0, 0.1) is 0 Å². The maximum absolute atomic E-state index is 12.4. The van der Waals surface area contributed by atoms with Gasteiger partial charge in [0.2, 0.25) is 5.91 Å². The Morgan fingerprint density at radius 1 is 1.19 bits per heavy atom. The fourth-order valence-corrected chi connectivity index (χ4v) is 3.29. The number of amidine groups is 1. The van der Waals surface area contributed by atoms with E-state index in [1.807, 2.05) is 0 Å². The number of benzene rings is 1. The first-order chi connectivity index (χ1) is 12.8. The number of rotatable bonds is 3. The zero-order valence-corrected chi connectivity index (χ0v) is 15.0. The molecule has 0 radical (unpaired) electrons. The van der Waals surface area contributed by atoms with E-state index < -0.39 is 35.6 Å². The van der Waals surface area contributed by atoms with Crippen molar-refractivity contribution in [2.75, 3.05) is 7.11 Å². The molecule has 27 heavy (non-hydrogen) atoms. The molecule has 0 unspecified atom stereocenters. The van der Waals surface area contributed by atoms with Crippen molar-refractivity contribution in [2.45, 2.75) is 13.0 Å². The Bertz CT molecular complexity index is 917. The van der Waals surface area contributed by atoms with E-state index in [2.05, 4.69) is 15.0 Å². The summed E-state index contributed by atoms with van der Waals surface area (Å²) < 4.78 is 4.44.